The maximum atomic E-state index is 11.5. The van der Waals surface area contributed by atoms with Crippen LogP contribution in [0, 0.1) is 0 Å². The number of nitrogens with two attached hydrogens (primary N) is 1. The quantitative estimate of drug-likeness (QED) is 0.749. The van der Waals surface area contributed by atoms with Crippen molar-refractivity contribution >= 4 is 33.2 Å². The molecule has 2 aromatic heterocycles. The molecule has 0 saturated carbocycles. The predicted octanol–water partition coefficient (Wildman–Crippen LogP) is 3.23. The minimum absolute atomic E-state index is 0.172. The van der Waals surface area contributed by atoms with Crippen LogP contribution in [0.3, 0.4) is 0 Å². The van der Waals surface area contributed by atoms with Gasteiger partial charge in [0.05, 0.1) is 5.69 Å². The van der Waals surface area contributed by atoms with E-state index in [0.717, 1.165) is 47.3 Å². The molecule has 4 rings (SSSR count). The first-order valence-corrected chi connectivity index (χ1v) is 8.59. The lowest BCUT2D eigenvalue weighted by molar-refractivity contribution is 0.0703. The SMILES string of the molecule is CN1CCc2nc3sc(C(=O)O)c(N)c3c(-c3ccccc3)c2C1. The van der Waals surface area contributed by atoms with E-state index in [0.29, 0.717) is 10.5 Å². The van der Waals surface area contributed by atoms with Gasteiger partial charge in [-0.25, -0.2) is 9.78 Å². The van der Waals surface area contributed by atoms with Crippen molar-refractivity contribution in [2.45, 2.75) is 13.0 Å². The molecule has 24 heavy (non-hydrogen) atoms. The number of rotatable bonds is 2. The second kappa shape index (κ2) is 5.58. The second-order valence-corrected chi connectivity index (χ2v) is 7.10. The van der Waals surface area contributed by atoms with Crippen LogP contribution in [0.1, 0.15) is 20.9 Å². The van der Waals surface area contributed by atoms with Crippen LogP contribution < -0.4 is 5.73 Å². The largest absolute Gasteiger partial charge is 0.477 e. The first kappa shape index (κ1) is 15.1. The number of fused-ring (bicyclic) bond motifs is 2. The minimum atomic E-state index is -0.996. The fourth-order valence-electron chi connectivity index (χ4n) is 3.34. The minimum Gasteiger partial charge on any atom is -0.477 e. The number of thiophene rings is 1. The summed E-state index contributed by atoms with van der Waals surface area (Å²) in [5.74, 6) is -0.996. The molecule has 0 bridgehead atoms. The van der Waals surface area contributed by atoms with E-state index >= 15 is 0 Å². The lowest BCUT2D eigenvalue weighted by atomic mass is 9.92. The van der Waals surface area contributed by atoms with Crippen LogP contribution in [0.5, 0.6) is 0 Å². The number of likely N-dealkylation sites (N-methyl/N-ethyl adjacent to an activating group) is 1. The maximum absolute atomic E-state index is 11.5. The number of carboxylic acid groups (broad SMARTS) is 1. The number of carbonyl (C=O) groups is 1. The molecular weight excluding hydrogens is 322 g/mol. The first-order chi connectivity index (χ1) is 11.6. The molecule has 0 unspecified atom stereocenters. The van der Waals surface area contributed by atoms with E-state index in [4.69, 9.17) is 10.7 Å². The van der Waals surface area contributed by atoms with Crippen LogP contribution in [0.25, 0.3) is 21.3 Å². The Balaban J connectivity index is 2.12. The molecule has 3 aromatic rings. The van der Waals surface area contributed by atoms with Gasteiger partial charge in [0, 0.05) is 36.2 Å². The Bertz CT molecular complexity index is 950. The Morgan fingerprint density at radius 2 is 2.08 bits per heavy atom. The lowest BCUT2D eigenvalue weighted by Crippen LogP contribution is -2.27. The molecule has 0 radical (unpaired) electrons. The standard InChI is InChI=1S/C18H17N3O2S/c1-21-8-7-12-11(9-21)13(10-5-3-2-4-6-10)14-15(19)16(18(22)23)24-17(14)20-12/h2-6H,7-9,19H2,1H3,(H,22,23). The highest BCUT2D eigenvalue weighted by Crippen LogP contribution is 2.43. The molecular formula is C18H17N3O2S. The van der Waals surface area contributed by atoms with Crippen LogP contribution in [-0.4, -0.2) is 34.6 Å². The van der Waals surface area contributed by atoms with E-state index in [-0.39, 0.29) is 4.88 Å². The zero-order valence-electron chi connectivity index (χ0n) is 13.2. The fourth-order valence-corrected chi connectivity index (χ4v) is 4.30. The summed E-state index contributed by atoms with van der Waals surface area (Å²) < 4.78 is 0. The Kier molecular flexibility index (Phi) is 3.51. The monoisotopic (exact) mass is 339 g/mol. The van der Waals surface area contributed by atoms with Gasteiger partial charge in [-0.05, 0) is 18.2 Å². The van der Waals surface area contributed by atoms with Gasteiger partial charge in [-0.2, -0.15) is 0 Å². The molecule has 0 aliphatic carbocycles. The molecule has 0 atom stereocenters. The van der Waals surface area contributed by atoms with E-state index in [1.165, 1.54) is 11.3 Å². The van der Waals surface area contributed by atoms with Crippen molar-refractivity contribution in [3.63, 3.8) is 0 Å². The van der Waals surface area contributed by atoms with E-state index in [1.54, 1.807) is 0 Å². The highest BCUT2D eigenvalue weighted by atomic mass is 32.1. The molecule has 1 aliphatic heterocycles. The van der Waals surface area contributed by atoms with Crippen molar-refractivity contribution in [3.05, 3.63) is 46.5 Å². The predicted molar refractivity (Wildman–Crippen MR) is 96.5 cm³/mol. The topological polar surface area (TPSA) is 79.5 Å². The molecule has 0 fully saturated rings. The molecule has 6 heteroatoms. The lowest BCUT2D eigenvalue weighted by Gasteiger charge is -2.27. The van der Waals surface area contributed by atoms with Gasteiger partial charge in [0.1, 0.15) is 9.71 Å². The van der Waals surface area contributed by atoms with Gasteiger partial charge in [0.15, 0.2) is 0 Å². The molecule has 3 N–H and O–H groups in total. The van der Waals surface area contributed by atoms with E-state index in [9.17, 15) is 9.90 Å². The van der Waals surface area contributed by atoms with Crippen molar-refractivity contribution in [2.75, 3.05) is 19.3 Å². The Hall–Kier alpha value is -2.44. The molecule has 5 nitrogen and oxygen atoms in total. The Morgan fingerprint density at radius 1 is 1.33 bits per heavy atom. The highest BCUT2D eigenvalue weighted by Gasteiger charge is 2.26. The van der Waals surface area contributed by atoms with E-state index in [2.05, 4.69) is 11.9 Å². The number of aromatic nitrogens is 1. The maximum Gasteiger partial charge on any atom is 0.348 e. The fraction of sp³-hybridized carbons (Fsp3) is 0.222. The summed E-state index contributed by atoms with van der Waals surface area (Å²) >= 11 is 1.17. The number of pyridine rings is 1. The number of nitrogen functional groups attached to an aromatic ring is 1. The number of hydrogen-bond donors (Lipinski definition) is 2. The molecule has 1 aromatic carbocycles. The van der Waals surface area contributed by atoms with Gasteiger partial charge in [0.25, 0.3) is 0 Å². The molecule has 1 aliphatic rings. The zero-order valence-corrected chi connectivity index (χ0v) is 14.1. The number of aromatic carboxylic acids is 1. The van der Waals surface area contributed by atoms with Crippen molar-refractivity contribution in [3.8, 4) is 11.1 Å². The third-order valence-corrected chi connectivity index (χ3v) is 5.57. The van der Waals surface area contributed by atoms with Crippen LogP contribution in [0.15, 0.2) is 30.3 Å². The van der Waals surface area contributed by atoms with Crippen LogP contribution in [0.4, 0.5) is 5.69 Å². The number of carboxylic acids is 1. The summed E-state index contributed by atoms with van der Waals surface area (Å²) in [5, 5.41) is 10.2. The second-order valence-electron chi connectivity index (χ2n) is 6.10. The molecule has 0 spiro atoms. The van der Waals surface area contributed by atoms with Crippen molar-refractivity contribution in [1.82, 2.24) is 9.88 Å². The summed E-state index contributed by atoms with van der Waals surface area (Å²) in [6.07, 6.45) is 0.863. The number of anilines is 1. The van der Waals surface area contributed by atoms with E-state index in [1.807, 2.05) is 30.3 Å². The third-order valence-electron chi connectivity index (χ3n) is 4.48. The smallest absolute Gasteiger partial charge is 0.348 e. The summed E-state index contributed by atoms with van der Waals surface area (Å²) in [6, 6.07) is 10.0. The molecule has 122 valence electrons. The van der Waals surface area contributed by atoms with Crippen LogP contribution >= 0.6 is 11.3 Å². The average Bonchev–Trinajstić information content (AvgIpc) is 2.90. The van der Waals surface area contributed by atoms with E-state index < -0.39 is 5.97 Å². The van der Waals surface area contributed by atoms with Crippen molar-refractivity contribution in [1.29, 1.82) is 0 Å². The molecule has 3 heterocycles. The Labute approximate surface area is 143 Å². The van der Waals surface area contributed by atoms with Crippen molar-refractivity contribution in [2.24, 2.45) is 0 Å². The number of hydrogen-bond acceptors (Lipinski definition) is 5. The third kappa shape index (κ3) is 2.26. The average molecular weight is 339 g/mol. The molecule has 0 saturated heterocycles. The number of nitrogens with zero attached hydrogens (tertiary/aromatic N) is 2. The summed E-state index contributed by atoms with van der Waals surface area (Å²) in [7, 11) is 2.08. The van der Waals surface area contributed by atoms with Crippen LogP contribution in [0.2, 0.25) is 0 Å². The van der Waals surface area contributed by atoms with Gasteiger partial charge >= 0.3 is 5.97 Å². The summed E-state index contributed by atoms with van der Waals surface area (Å²) in [6.45, 7) is 1.74. The van der Waals surface area contributed by atoms with Gasteiger partial charge < -0.3 is 15.7 Å². The molecule has 0 amide bonds. The Morgan fingerprint density at radius 3 is 2.79 bits per heavy atom. The van der Waals surface area contributed by atoms with Crippen LogP contribution in [-0.2, 0) is 13.0 Å². The summed E-state index contributed by atoms with van der Waals surface area (Å²) in [5.41, 5.74) is 10.8. The summed E-state index contributed by atoms with van der Waals surface area (Å²) in [4.78, 5) is 19.4. The normalized spacial score (nSPS) is 14.7. The van der Waals surface area contributed by atoms with Crippen molar-refractivity contribution < 1.29 is 9.90 Å². The van der Waals surface area contributed by atoms with Gasteiger partial charge in [-0.15, -0.1) is 11.3 Å². The first-order valence-electron chi connectivity index (χ1n) is 7.77. The zero-order chi connectivity index (χ0) is 16.8. The van der Waals surface area contributed by atoms with Gasteiger partial charge in [-0.1, -0.05) is 30.3 Å². The highest BCUT2D eigenvalue weighted by molar-refractivity contribution is 7.21. The van der Waals surface area contributed by atoms with Gasteiger partial charge in [0.2, 0.25) is 0 Å². The number of benzene rings is 1. The van der Waals surface area contributed by atoms with Gasteiger partial charge in [-0.3, -0.25) is 0 Å².